The number of benzene rings is 1. The van der Waals surface area contributed by atoms with Gasteiger partial charge in [0, 0.05) is 24.6 Å². The van der Waals surface area contributed by atoms with Crippen LogP contribution in [0.25, 0.3) is 0 Å². The van der Waals surface area contributed by atoms with Crippen LogP contribution in [0.4, 0.5) is 5.69 Å². The fourth-order valence-electron chi connectivity index (χ4n) is 2.91. The number of amides is 1. The minimum absolute atomic E-state index is 0.115. The van der Waals surface area contributed by atoms with E-state index < -0.39 is 10.8 Å². The fourth-order valence-corrected chi connectivity index (χ4v) is 2.91. The van der Waals surface area contributed by atoms with Gasteiger partial charge in [-0.1, -0.05) is 6.42 Å². The number of methoxy groups -OCH3 is 1. The Labute approximate surface area is 144 Å². The largest absolute Gasteiger partial charge is 0.490 e. The molecule has 2 aromatic rings. The minimum atomic E-state index is -0.575. The molecule has 3 rings (SSSR count). The second kappa shape index (κ2) is 7.29. The first kappa shape index (κ1) is 16.9. The highest BCUT2D eigenvalue weighted by atomic mass is 16.6. The van der Waals surface area contributed by atoms with E-state index in [0.717, 1.165) is 38.1 Å². The third-order valence-corrected chi connectivity index (χ3v) is 4.23. The van der Waals surface area contributed by atoms with E-state index in [4.69, 9.17) is 4.74 Å². The molecule has 0 saturated heterocycles. The van der Waals surface area contributed by atoms with Crippen LogP contribution in [-0.2, 0) is 19.5 Å². The molecule has 9 nitrogen and oxygen atoms in total. The Morgan fingerprint density at radius 2 is 2.20 bits per heavy atom. The van der Waals surface area contributed by atoms with Crippen molar-refractivity contribution in [2.24, 2.45) is 0 Å². The monoisotopic (exact) mass is 345 g/mol. The zero-order valence-corrected chi connectivity index (χ0v) is 13.9. The molecule has 0 atom stereocenters. The number of carbonyl (C=O) groups excluding carboxylic acids is 1. The van der Waals surface area contributed by atoms with Crippen molar-refractivity contribution < 1.29 is 14.5 Å². The number of fused-ring (bicyclic) bond motifs is 1. The van der Waals surface area contributed by atoms with Crippen LogP contribution in [0.5, 0.6) is 5.75 Å². The van der Waals surface area contributed by atoms with Gasteiger partial charge in [-0.05, 0) is 25.0 Å². The van der Waals surface area contributed by atoms with E-state index in [-0.39, 0.29) is 23.5 Å². The number of nitro groups is 1. The molecule has 0 aliphatic carbocycles. The maximum Gasteiger partial charge on any atom is 0.311 e. The summed E-state index contributed by atoms with van der Waals surface area (Å²) >= 11 is 0. The van der Waals surface area contributed by atoms with Gasteiger partial charge in [-0.2, -0.15) is 0 Å². The Kier molecular flexibility index (Phi) is 4.92. The molecule has 25 heavy (non-hydrogen) atoms. The molecule has 1 amide bonds. The SMILES string of the molecule is COc1ccc(C(=O)NCc2nnc3n2CCCCC3)cc1[N+](=O)[O-]. The predicted molar refractivity (Wildman–Crippen MR) is 88.4 cm³/mol. The van der Waals surface area contributed by atoms with Crippen molar-refractivity contribution in [1.82, 2.24) is 20.1 Å². The number of hydrogen-bond acceptors (Lipinski definition) is 6. The maximum atomic E-state index is 12.3. The first-order valence-corrected chi connectivity index (χ1v) is 8.11. The predicted octanol–water partition coefficient (Wildman–Crippen LogP) is 1.85. The molecule has 1 aromatic heterocycles. The minimum Gasteiger partial charge on any atom is -0.490 e. The number of aryl methyl sites for hydroxylation is 1. The summed E-state index contributed by atoms with van der Waals surface area (Å²) in [5, 5.41) is 22.1. The van der Waals surface area contributed by atoms with Crippen molar-refractivity contribution in [2.75, 3.05) is 7.11 Å². The smallest absolute Gasteiger partial charge is 0.311 e. The van der Waals surface area contributed by atoms with Crippen LogP contribution in [-0.4, -0.2) is 32.7 Å². The summed E-state index contributed by atoms with van der Waals surface area (Å²) in [5.41, 5.74) is -0.0467. The third kappa shape index (κ3) is 3.59. The zero-order valence-electron chi connectivity index (χ0n) is 13.9. The third-order valence-electron chi connectivity index (χ3n) is 4.23. The highest BCUT2D eigenvalue weighted by Crippen LogP contribution is 2.27. The Bertz CT molecular complexity index is 802. The highest BCUT2D eigenvalue weighted by molar-refractivity contribution is 5.95. The average Bonchev–Trinajstić information content (AvgIpc) is 2.85. The number of carbonyl (C=O) groups is 1. The normalized spacial score (nSPS) is 13.6. The number of nitrogens with one attached hydrogen (secondary N) is 1. The number of rotatable bonds is 5. The van der Waals surface area contributed by atoms with Gasteiger partial charge in [-0.25, -0.2) is 0 Å². The molecule has 1 aliphatic rings. The molecule has 1 N–H and O–H groups in total. The molecule has 1 aliphatic heterocycles. The van der Waals surface area contributed by atoms with Crippen LogP contribution >= 0.6 is 0 Å². The Hall–Kier alpha value is -2.97. The average molecular weight is 345 g/mol. The molecule has 0 bridgehead atoms. The van der Waals surface area contributed by atoms with Gasteiger partial charge in [0.1, 0.15) is 5.82 Å². The number of ether oxygens (including phenoxy) is 1. The maximum absolute atomic E-state index is 12.3. The van der Waals surface area contributed by atoms with Crippen molar-refractivity contribution in [3.05, 3.63) is 45.5 Å². The van der Waals surface area contributed by atoms with Gasteiger partial charge >= 0.3 is 5.69 Å². The van der Waals surface area contributed by atoms with Crippen LogP contribution in [0, 0.1) is 10.1 Å². The summed E-state index contributed by atoms with van der Waals surface area (Å²) in [6, 6.07) is 4.11. The van der Waals surface area contributed by atoms with E-state index in [1.165, 1.54) is 25.3 Å². The summed E-state index contributed by atoms with van der Waals surface area (Å²) in [4.78, 5) is 22.8. The number of nitrogens with zero attached hydrogens (tertiary/aromatic N) is 4. The molecule has 0 fully saturated rings. The van der Waals surface area contributed by atoms with Gasteiger partial charge in [0.15, 0.2) is 11.6 Å². The van der Waals surface area contributed by atoms with Gasteiger partial charge in [-0.15, -0.1) is 10.2 Å². The zero-order chi connectivity index (χ0) is 17.8. The topological polar surface area (TPSA) is 112 Å². The summed E-state index contributed by atoms with van der Waals surface area (Å²) in [6.07, 6.45) is 4.22. The second-order valence-corrected chi connectivity index (χ2v) is 5.82. The van der Waals surface area contributed by atoms with Crippen molar-refractivity contribution in [3.63, 3.8) is 0 Å². The lowest BCUT2D eigenvalue weighted by Crippen LogP contribution is -2.25. The standard InChI is InChI=1S/C16H19N5O4/c1-25-13-7-6-11(9-12(13)21(23)24)16(22)17-10-15-19-18-14-5-3-2-4-8-20(14)15/h6-7,9H,2-5,8,10H2,1H3,(H,17,22). The van der Waals surface area contributed by atoms with E-state index in [1.807, 2.05) is 4.57 Å². The van der Waals surface area contributed by atoms with E-state index in [0.29, 0.717) is 5.82 Å². The number of nitro benzene ring substituents is 1. The number of aromatic nitrogens is 3. The molecule has 0 unspecified atom stereocenters. The molecule has 132 valence electrons. The molecule has 0 saturated carbocycles. The van der Waals surface area contributed by atoms with Gasteiger partial charge < -0.3 is 14.6 Å². The van der Waals surface area contributed by atoms with Crippen molar-refractivity contribution in [1.29, 1.82) is 0 Å². The molecule has 9 heteroatoms. The molecule has 0 radical (unpaired) electrons. The van der Waals surface area contributed by atoms with Gasteiger partial charge in [0.25, 0.3) is 5.91 Å². The van der Waals surface area contributed by atoms with Crippen molar-refractivity contribution >= 4 is 11.6 Å². The van der Waals surface area contributed by atoms with Gasteiger partial charge in [0.2, 0.25) is 0 Å². The van der Waals surface area contributed by atoms with Crippen molar-refractivity contribution in [3.8, 4) is 5.75 Å². The van der Waals surface area contributed by atoms with E-state index in [9.17, 15) is 14.9 Å². The Morgan fingerprint density at radius 1 is 1.36 bits per heavy atom. The number of hydrogen-bond donors (Lipinski definition) is 1. The Balaban J connectivity index is 1.72. The van der Waals surface area contributed by atoms with Crippen LogP contribution in [0.1, 0.15) is 41.3 Å². The first-order chi connectivity index (χ1) is 12.1. The van der Waals surface area contributed by atoms with Crippen LogP contribution < -0.4 is 10.1 Å². The summed E-state index contributed by atoms with van der Waals surface area (Å²) in [5.74, 6) is 1.36. The Morgan fingerprint density at radius 3 is 2.96 bits per heavy atom. The fraction of sp³-hybridized carbons (Fsp3) is 0.438. The molecular formula is C16H19N5O4. The van der Waals surface area contributed by atoms with Gasteiger partial charge in [-0.3, -0.25) is 14.9 Å². The quantitative estimate of drug-likeness (QED) is 0.654. The summed E-state index contributed by atoms with van der Waals surface area (Å²) in [7, 11) is 1.35. The summed E-state index contributed by atoms with van der Waals surface area (Å²) in [6.45, 7) is 1.08. The van der Waals surface area contributed by atoms with E-state index in [2.05, 4.69) is 15.5 Å². The molecule has 1 aromatic carbocycles. The molecule has 0 spiro atoms. The van der Waals surface area contributed by atoms with Crippen LogP contribution in [0.3, 0.4) is 0 Å². The highest BCUT2D eigenvalue weighted by Gasteiger charge is 2.19. The van der Waals surface area contributed by atoms with E-state index >= 15 is 0 Å². The lowest BCUT2D eigenvalue weighted by atomic mass is 10.1. The second-order valence-electron chi connectivity index (χ2n) is 5.82. The molecule has 2 heterocycles. The van der Waals surface area contributed by atoms with E-state index in [1.54, 1.807) is 0 Å². The van der Waals surface area contributed by atoms with Crippen LogP contribution in [0.15, 0.2) is 18.2 Å². The summed E-state index contributed by atoms with van der Waals surface area (Å²) < 4.78 is 6.98. The van der Waals surface area contributed by atoms with Crippen LogP contribution in [0.2, 0.25) is 0 Å². The molecular weight excluding hydrogens is 326 g/mol. The first-order valence-electron chi connectivity index (χ1n) is 8.11. The lowest BCUT2D eigenvalue weighted by molar-refractivity contribution is -0.385. The lowest BCUT2D eigenvalue weighted by Gasteiger charge is -2.09. The van der Waals surface area contributed by atoms with Crippen molar-refractivity contribution in [2.45, 2.75) is 38.8 Å². The van der Waals surface area contributed by atoms with Gasteiger partial charge in [0.05, 0.1) is 18.6 Å².